The van der Waals surface area contributed by atoms with Crippen LogP contribution in [0.25, 0.3) is 0 Å². The predicted octanol–water partition coefficient (Wildman–Crippen LogP) is 2.94. The fraction of sp³-hybridized carbons (Fsp3) is 0.412. The molecule has 0 aromatic carbocycles. The first-order valence-corrected chi connectivity index (χ1v) is 8.24. The summed E-state index contributed by atoms with van der Waals surface area (Å²) in [6.07, 6.45) is 1.72. The fourth-order valence-electron chi connectivity index (χ4n) is 2.30. The van der Waals surface area contributed by atoms with E-state index in [4.69, 9.17) is 4.42 Å². The Morgan fingerprint density at radius 2 is 2.09 bits per heavy atom. The zero-order chi connectivity index (χ0) is 17.0. The van der Waals surface area contributed by atoms with E-state index in [1.54, 1.807) is 30.4 Å². The number of aliphatic hydroxyl groups is 1. The van der Waals surface area contributed by atoms with Crippen molar-refractivity contribution in [2.45, 2.75) is 39.2 Å². The molecule has 2 aromatic rings. The summed E-state index contributed by atoms with van der Waals surface area (Å²) >= 11 is 1.58. The number of carbonyl (C=O) groups is 2. The molecule has 2 aromatic heterocycles. The number of ketones is 1. The summed E-state index contributed by atoms with van der Waals surface area (Å²) in [5, 5.41) is 12.9. The highest BCUT2D eigenvalue weighted by Gasteiger charge is 2.26. The maximum absolute atomic E-state index is 12.1. The van der Waals surface area contributed by atoms with Gasteiger partial charge in [-0.15, -0.1) is 11.3 Å². The van der Waals surface area contributed by atoms with E-state index in [0.717, 1.165) is 9.75 Å². The van der Waals surface area contributed by atoms with E-state index >= 15 is 0 Å². The standard InChI is InChI=1S/C17H21NO4S/c1-11-9-13(12(2)23-11)14(19)6-7-16(20)18-10-17(3,21)15-5-4-8-22-15/h4-5,8-9,21H,6-7,10H2,1-3H3,(H,18,20). The highest BCUT2D eigenvalue weighted by Crippen LogP contribution is 2.22. The Kier molecular flexibility index (Phi) is 5.38. The van der Waals surface area contributed by atoms with Gasteiger partial charge in [-0.2, -0.15) is 0 Å². The summed E-state index contributed by atoms with van der Waals surface area (Å²) in [6, 6.07) is 5.19. The monoisotopic (exact) mass is 335 g/mol. The van der Waals surface area contributed by atoms with Crippen LogP contribution in [0.4, 0.5) is 0 Å². The van der Waals surface area contributed by atoms with Gasteiger partial charge in [0.25, 0.3) is 0 Å². The van der Waals surface area contributed by atoms with Gasteiger partial charge in [0.05, 0.1) is 12.8 Å². The summed E-state index contributed by atoms with van der Waals surface area (Å²) in [6.45, 7) is 5.46. The van der Waals surface area contributed by atoms with Crippen molar-refractivity contribution in [3.63, 3.8) is 0 Å². The molecule has 1 atom stereocenters. The van der Waals surface area contributed by atoms with Crippen molar-refractivity contribution in [2.24, 2.45) is 0 Å². The molecular formula is C17H21NO4S. The summed E-state index contributed by atoms with van der Waals surface area (Å²) in [4.78, 5) is 26.1. The van der Waals surface area contributed by atoms with E-state index in [-0.39, 0.29) is 31.1 Å². The largest absolute Gasteiger partial charge is 0.466 e. The van der Waals surface area contributed by atoms with Gasteiger partial charge in [-0.05, 0) is 39.0 Å². The third-order valence-corrected chi connectivity index (χ3v) is 4.57. The molecule has 0 bridgehead atoms. The Bertz CT molecular complexity index is 686. The lowest BCUT2D eigenvalue weighted by molar-refractivity contribution is -0.122. The fourth-order valence-corrected chi connectivity index (χ4v) is 3.24. The maximum atomic E-state index is 12.1. The van der Waals surface area contributed by atoms with Crippen LogP contribution in [0.5, 0.6) is 0 Å². The molecule has 0 radical (unpaired) electrons. The molecule has 0 spiro atoms. The minimum atomic E-state index is -1.27. The van der Waals surface area contributed by atoms with Gasteiger partial charge in [-0.3, -0.25) is 9.59 Å². The highest BCUT2D eigenvalue weighted by atomic mass is 32.1. The van der Waals surface area contributed by atoms with Crippen LogP contribution in [0.3, 0.4) is 0 Å². The van der Waals surface area contributed by atoms with Crippen molar-refractivity contribution in [3.8, 4) is 0 Å². The molecule has 0 aliphatic rings. The normalized spacial score (nSPS) is 13.6. The molecule has 6 heteroatoms. The van der Waals surface area contributed by atoms with Crippen LogP contribution in [-0.2, 0) is 10.4 Å². The van der Waals surface area contributed by atoms with Crippen LogP contribution in [0.15, 0.2) is 28.9 Å². The molecule has 0 aliphatic carbocycles. The van der Waals surface area contributed by atoms with E-state index in [0.29, 0.717) is 11.3 Å². The first-order chi connectivity index (χ1) is 10.8. The van der Waals surface area contributed by atoms with E-state index in [1.807, 2.05) is 19.9 Å². The number of thiophene rings is 1. The molecule has 0 aliphatic heterocycles. The smallest absolute Gasteiger partial charge is 0.220 e. The van der Waals surface area contributed by atoms with Crippen LogP contribution in [0.1, 0.15) is 45.6 Å². The third-order valence-electron chi connectivity index (χ3n) is 3.60. The second kappa shape index (κ2) is 7.10. The van der Waals surface area contributed by atoms with Gasteiger partial charge in [0, 0.05) is 28.2 Å². The molecule has 0 saturated heterocycles. The van der Waals surface area contributed by atoms with Crippen molar-refractivity contribution < 1.29 is 19.1 Å². The van der Waals surface area contributed by atoms with Gasteiger partial charge in [-0.25, -0.2) is 0 Å². The zero-order valence-corrected chi connectivity index (χ0v) is 14.3. The predicted molar refractivity (Wildman–Crippen MR) is 88.6 cm³/mol. The van der Waals surface area contributed by atoms with Gasteiger partial charge in [0.1, 0.15) is 11.4 Å². The number of furan rings is 1. The van der Waals surface area contributed by atoms with Crippen LogP contribution < -0.4 is 5.32 Å². The first kappa shape index (κ1) is 17.4. The lowest BCUT2D eigenvalue weighted by Crippen LogP contribution is -2.38. The number of nitrogens with one attached hydrogen (secondary N) is 1. The minimum Gasteiger partial charge on any atom is -0.466 e. The zero-order valence-electron chi connectivity index (χ0n) is 13.5. The summed E-state index contributed by atoms with van der Waals surface area (Å²) in [7, 11) is 0. The van der Waals surface area contributed by atoms with Gasteiger partial charge in [0.2, 0.25) is 5.91 Å². The Hall–Kier alpha value is -1.92. The van der Waals surface area contributed by atoms with E-state index < -0.39 is 5.60 Å². The van der Waals surface area contributed by atoms with Gasteiger partial charge >= 0.3 is 0 Å². The quantitative estimate of drug-likeness (QED) is 0.763. The summed E-state index contributed by atoms with van der Waals surface area (Å²) in [5.41, 5.74) is -0.576. The summed E-state index contributed by atoms with van der Waals surface area (Å²) < 4.78 is 5.15. The molecule has 124 valence electrons. The van der Waals surface area contributed by atoms with Gasteiger partial charge in [0.15, 0.2) is 5.78 Å². The molecule has 5 nitrogen and oxygen atoms in total. The van der Waals surface area contributed by atoms with Crippen molar-refractivity contribution in [1.29, 1.82) is 0 Å². The molecule has 2 rings (SSSR count). The molecule has 0 fully saturated rings. The summed E-state index contributed by atoms with van der Waals surface area (Å²) in [5.74, 6) is 0.0906. The molecule has 1 unspecified atom stereocenters. The second-order valence-electron chi connectivity index (χ2n) is 5.78. The number of carbonyl (C=O) groups excluding carboxylic acids is 2. The molecule has 23 heavy (non-hydrogen) atoms. The van der Waals surface area contributed by atoms with Crippen molar-refractivity contribution in [3.05, 3.63) is 45.5 Å². The van der Waals surface area contributed by atoms with E-state index in [1.165, 1.54) is 6.26 Å². The number of hydrogen-bond acceptors (Lipinski definition) is 5. The third kappa shape index (κ3) is 4.53. The minimum absolute atomic E-state index is 0.0280. The average molecular weight is 335 g/mol. The lowest BCUT2D eigenvalue weighted by Gasteiger charge is -2.21. The molecular weight excluding hydrogens is 314 g/mol. The molecule has 1 amide bonds. The Balaban J connectivity index is 1.81. The molecule has 2 N–H and O–H groups in total. The SMILES string of the molecule is Cc1cc(C(=O)CCC(=O)NCC(C)(O)c2ccco2)c(C)s1. The average Bonchev–Trinajstić information content (AvgIpc) is 3.12. The number of rotatable bonds is 7. The van der Waals surface area contributed by atoms with Gasteiger partial charge < -0.3 is 14.8 Å². The van der Waals surface area contributed by atoms with Crippen LogP contribution in [0.2, 0.25) is 0 Å². The number of Topliss-reactive ketones (excluding diaryl/α,β-unsaturated/α-hetero) is 1. The van der Waals surface area contributed by atoms with Crippen LogP contribution in [0, 0.1) is 13.8 Å². The van der Waals surface area contributed by atoms with Crippen molar-refractivity contribution in [2.75, 3.05) is 6.54 Å². The van der Waals surface area contributed by atoms with E-state index in [2.05, 4.69) is 5.32 Å². The van der Waals surface area contributed by atoms with Crippen LogP contribution in [-0.4, -0.2) is 23.3 Å². The van der Waals surface area contributed by atoms with Crippen molar-refractivity contribution >= 4 is 23.0 Å². The molecule has 0 saturated carbocycles. The number of aryl methyl sites for hydroxylation is 2. The number of hydrogen-bond donors (Lipinski definition) is 2. The maximum Gasteiger partial charge on any atom is 0.220 e. The first-order valence-electron chi connectivity index (χ1n) is 7.43. The topological polar surface area (TPSA) is 79.5 Å². The Morgan fingerprint density at radius 3 is 2.65 bits per heavy atom. The van der Waals surface area contributed by atoms with Crippen LogP contribution >= 0.6 is 11.3 Å². The Morgan fingerprint density at radius 1 is 1.35 bits per heavy atom. The number of amides is 1. The van der Waals surface area contributed by atoms with E-state index in [9.17, 15) is 14.7 Å². The molecule has 2 heterocycles. The van der Waals surface area contributed by atoms with Gasteiger partial charge in [-0.1, -0.05) is 0 Å². The Labute approximate surface area is 139 Å². The highest BCUT2D eigenvalue weighted by molar-refractivity contribution is 7.12. The lowest BCUT2D eigenvalue weighted by atomic mass is 10.0. The van der Waals surface area contributed by atoms with Crippen molar-refractivity contribution in [1.82, 2.24) is 5.32 Å². The second-order valence-corrected chi connectivity index (χ2v) is 7.24.